The second-order valence-corrected chi connectivity index (χ2v) is 10.3. The van der Waals surface area contributed by atoms with E-state index in [1.807, 2.05) is 6.07 Å². The fourth-order valence-corrected chi connectivity index (χ4v) is 5.23. The SMILES string of the molecule is O=S(=O)(c1ccc(Br)cc1)c1nc(-c2ccccc2Cl)oc1NC1CCCCC1. The Morgan fingerprint density at radius 2 is 1.72 bits per heavy atom. The van der Waals surface area contributed by atoms with Crippen LogP contribution in [0.2, 0.25) is 5.02 Å². The van der Waals surface area contributed by atoms with Crippen molar-refractivity contribution in [3.63, 3.8) is 0 Å². The largest absolute Gasteiger partial charge is 0.419 e. The summed E-state index contributed by atoms with van der Waals surface area (Å²) in [6.07, 6.45) is 5.36. The monoisotopic (exact) mass is 494 g/mol. The number of oxazole rings is 1. The van der Waals surface area contributed by atoms with Gasteiger partial charge in [-0.15, -0.1) is 0 Å². The maximum Gasteiger partial charge on any atom is 0.234 e. The molecule has 0 amide bonds. The van der Waals surface area contributed by atoms with Gasteiger partial charge in [-0.05, 0) is 49.2 Å². The number of nitrogens with one attached hydrogen (secondary N) is 1. The van der Waals surface area contributed by atoms with Gasteiger partial charge in [0.15, 0.2) is 0 Å². The molecule has 0 aliphatic heterocycles. The topological polar surface area (TPSA) is 72.2 Å². The maximum absolute atomic E-state index is 13.3. The number of halogens is 2. The first kappa shape index (κ1) is 20.4. The Hall–Kier alpha value is -1.83. The van der Waals surface area contributed by atoms with E-state index in [0.717, 1.165) is 30.2 Å². The highest BCUT2D eigenvalue weighted by molar-refractivity contribution is 9.10. The molecule has 152 valence electrons. The average molecular weight is 496 g/mol. The molecule has 0 bridgehead atoms. The molecule has 3 aromatic rings. The maximum atomic E-state index is 13.3. The van der Waals surface area contributed by atoms with E-state index in [9.17, 15) is 8.42 Å². The molecule has 1 saturated carbocycles. The summed E-state index contributed by atoms with van der Waals surface area (Å²) in [6.45, 7) is 0. The van der Waals surface area contributed by atoms with Gasteiger partial charge in [0, 0.05) is 10.5 Å². The van der Waals surface area contributed by atoms with Gasteiger partial charge in [-0.2, -0.15) is 4.98 Å². The van der Waals surface area contributed by atoms with Crippen molar-refractivity contribution in [1.29, 1.82) is 0 Å². The van der Waals surface area contributed by atoms with E-state index in [2.05, 4.69) is 26.2 Å². The highest BCUT2D eigenvalue weighted by Gasteiger charge is 2.30. The molecule has 1 heterocycles. The summed E-state index contributed by atoms with van der Waals surface area (Å²) in [5.41, 5.74) is 0.554. The van der Waals surface area contributed by atoms with E-state index in [1.165, 1.54) is 6.42 Å². The van der Waals surface area contributed by atoms with Gasteiger partial charge in [-0.25, -0.2) is 8.42 Å². The minimum Gasteiger partial charge on any atom is -0.419 e. The van der Waals surface area contributed by atoms with E-state index >= 15 is 0 Å². The van der Waals surface area contributed by atoms with Crippen molar-refractivity contribution in [2.45, 2.75) is 48.1 Å². The average Bonchev–Trinajstić information content (AvgIpc) is 3.14. The number of nitrogens with zero attached hydrogens (tertiary/aromatic N) is 1. The standard InChI is InChI=1S/C21H20BrClN2O3S/c22-14-10-12-16(13-11-14)29(26,27)21-20(24-15-6-2-1-3-7-15)28-19(25-21)17-8-4-5-9-18(17)23/h4-5,8-13,15,24H,1-3,6-7H2. The normalized spacial score (nSPS) is 15.4. The van der Waals surface area contributed by atoms with Crippen LogP contribution in [-0.2, 0) is 9.84 Å². The summed E-state index contributed by atoms with van der Waals surface area (Å²) in [6, 6.07) is 13.7. The molecule has 1 N–H and O–H groups in total. The first-order chi connectivity index (χ1) is 13.9. The smallest absolute Gasteiger partial charge is 0.234 e. The zero-order chi connectivity index (χ0) is 20.4. The number of hydrogen-bond donors (Lipinski definition) is 1. The van der Waals surface area contributed by atoms with Crippen molar-refractivity contribution < 1.29 is 12.8 Å². The number of benzene rings is 2. The van der Waals surface area contributed by atoms with Gasteiger partial charge in [0.2, 0.25) is 26.6 Å². The van der Waals surface area contributed by atoms with Crippen molar-refractivity contribution in [3.05, 3.63) is 58.0 Å². The predicted octanol–water partition coefficient (Wildman–Crippen LogP) is 6.33. The molecular weight excluding hydrogens is 476 g/mol. The molecule has 1 aromatic heterocycles. The van der Waals surface area contributed by atoms with Crippen molar-refractivity contribution in [1.82, 2.24) is 4.98 Å². The summed E-state index contributed by atoms with van der Waals surface area (Å²) >= 11 is 9.62. The zero-order valence-electron chi connectivity index (χ0n) is 15.6. The summed E-state index contributed by atoms with van der Waals surface area (Å²) in [5, 5.41) is 3.62. The molecular formula is C21H20BrClN2O3S. The van der Waals surface area contributed by atoms with Crippen molar-refractivity contribution in [2.24, 2.45) is 0 Å². The second kappa shape index (κ2) is 8.50. The fraction of sp³-hybridized carbons (Fsp3) is 0.286. The van der Waals surface area contributed by atoms with Crippen LogP contribution in [0.3, 0.4) is 0 Å². The molecule has 8 heteroatoms. The van der Waals surface area contributed by atoms with Crippen LogP contribution in [0, 0.1) is 0 Å². The van der Waals surface area contributed by atoms with Gasteiger partial charge < -0.3 is 9.73 Å². The third kappa shape index (κ3) is 4.37. The minimum atomic E-state index is -3.87. The van der Waals surface area contributed by atoms with E-state index in [0.29, 0.717) is 10.6 Å². The first-order valence-electron chi connectivity index (χ1n) is 9.48. The van der Waals surface area contributed by atoms with E-state index in [-0.39, 0.29) is 27.7 Å². The summed E-state index contributed by atoms with van der Waals surface area (Å²) < 4.78 is 33.4. The molecule has 1 fully saturated rings. The van der Waals surface area contributed by atoms with Crippen LogP contribution in [0.1, 0.15) is 32.1 Å². The molecule has 1 aliphatic rings. The minimum absolute atomic E-state index is 0.111. The summed E-state index contributed by atoms with van der Waals surface area (Å²) in [4.78, 5) is 4.52. The first-order valence-corrected chi connectivity index (χ1v) is 12.1. The molecule has 0 atom stereocenters. The lowest BCUT2D eigenvalue weighted by atomic mass is 9.96. The van der Waals surface area contributed by atoms with Crippen LogP contribution in [-0.4, -0.2) is 19.4 Å². The Morgan fingerprint density at radius 1 is 1.03 bits per heavy atom. The zero-order valence-corrected chi connectivity index (χ0v) is 18.7. The molecule has 5 nitrogen and oxygen atoms in total. The molecule has 2 aromatic carbocycles. The van der Waals surface area contributed by atoms with Gasteiger partial charge in [0.05, 0.1) is 15.5 Å². The lowest BCUT2D eigenvalue weighted by Crippen LogP contribution is -2.23. The van der Waals surface area contributed by atoms with Crippen LogP contribution >= 0.6 is 27.5 Å². The van der Waals surface area contributed by atoms with Gasteiger partial charge >= 0.3 is 0 Å². The summed E-state index contributed by atoms with van der Waals surface area (Å²) in [7, 11) is -3.87. The molecule has 0 saturated heterocycles. The predicted molar refractivity (Wildman–Crippen MR) is 117 cm³/mol. The van der Waals surface area contributed by atoms with Crippen LogP contribution in [0.15, 0.2) is 67.3 Å². The van der Waals surface area contributed by atoms with Gasteiger partial charge in [0.25, 0.3) is 0 Å². The lowest BCUT2D eigenvalue weighted by molar-refractivity contribution is 0.450. The Labute approximate surface area is 183 Å². The number of hydrogen-bond acceptors (Lipinski definition) is 5. The van der Waals surface area contributed by atoms with Crippen molar-refractivity contribution in [2.75, 3.05) is 5.32 Å². The molecule has 0 unspecified atom stereocenters. The molecule has 0 spiro atoms. The van der Waals surface area contributed by atoms with Gasteiger partial charge in [-0.3, -0.25) is 0 Å². The number of sulfone groups is 1. The van der Waals surface area contributed by atoms with Crippen LogP contribution in [0.25, 0.3) is 11.5 Å². The number of aromatic nitrogens is 1. The quantitative estimate of drug-likeness (QED) is 0.447. The number of anilines is 1. The Bertz CT molecular complexity index is 1110. The number of rotatable bonds is 5. The lowest BCUT2D eigenvalue weighted by Gasteiger charge is -2.22. The second-order valence-electron chi connectivity index (χ2n) is 7.07. The molecule has 29 heavy (non-hydrogen) atoms. The van der Waals surface area contributed by atoms with E-state index in [4.69, 9.17) is 16.0 Å². The van der Waals surface area contributed by atoms with Gasteiger partial charge in [-0.1, -0.05) is 58.9 Å². The van der Waals surface area contributed by atoms with Crippen LogP contribution in [0.5, 0.6) is 0 Å². The summed E-state index contributed by atoms with van der Waals surface area (Å²) in [5.74, 6) is 0.360. The highest BCUT2D eigenvalue weighted by Crippen LogP contribution is 2.36. The van der Waals surface area contributed by atoms with Crippen molar-refractivity contribution in [3.8, 4) is 11.5 Å². The highest BCUT2D eigenvalue weighted by atomic mass is 79.9. The third-order valence-corrected chi connectivity index (χ3v) is 7.56. The van der Waals surface area contributed by atoms with E-state index in [1.54, 1.807) is 42.5 Å². The van der Waals surface area contributed by atoms with Crippen LogP contribution < -0.4 is 5.32 Å². The third-order valence-electron chi connectivity index (χ3n) is 5.02. The van der Waals surface area contributed by atoms with Gasteiger partial charge in [0.1, 0.15) is 0 Å². The Balaban J connectivity index is 1.80. The molecule has 1 aliphatic carbocycles. The van der Waals surface area contributed by atoms with Crippen LogP contribution in [0.4, 0.5) is 5.88 Å². The molecule has 4 rings (SSSR count). The Kier molecular flexibility index (Phi) is 5.99. The van der Waals surface area contributed by atoms with E-state index < -0.39 is 9.84 Å². The molecule has 0 radical (unpaired) electrons. The Morgan fingerprint density at radius 3 is 2.41 bits per heavy atom. The fourth-order valence-electron chi connectivity index (χ4n) is 3.49. The van der Waals surface area contributed by atoms with Crippen molar-refractivity contribution >= 4 is 43.3 Å².